The first-order valence-electron chi connectivity index (χ1n) is 6.61. The van der Waals surface area contributed by atoms with Gasteiger partial charge in [0.15, 0.2) is 0 Å². The van der Waals surface area contributed by atoms with Crippen molar-refractivity contribution < 1.29 is 9.90 Å². The molecule has 4 heteroatoms. The molecule has 0 spiro atoms. The van der Waals surface area contributed by atoms with Crippen LogP contribution >= 0.6 is 11.6 Å². The Labute approximate surface area is 127 Å². The Morgan fingerprint density at radius 3 is 2.71 bits per heavy atom. The molecule has 3 rings (SSSR count). The number of aryl methyl sites for hydroxylation is 1. The summed E-state index contributed by atoms with van der Waals surface area (Å²) >= 11 is 5.90. The maximum Gasteiger partial charge on any atom is 0.336 e. The highest BCUT2D eigenvalue weighted by Crippen LogP contribution is 2.25. The third-order valence-electron chi connectivity index (χ3n) is 3.66. The van der Waals surface area contributed by atoms with Crippen LogP contribution in [0.4, 0.5) is 0 Å². The SMILES string of the molecule is Cn1cc(Cc2ccc(Cl)cc2C(=O)O)c2ccccc21. The van der Waals surface area contributed by atoms with E-state index in [9.17, 15) is 9.90 Å². The number of benzene rings is 2. The fourth-order valence-electron chi connectivity index (χ4n) is 2.67. The third kappa shape index (κ3) is 2.52. The predicted octanol–water partition coefficient (Wildman–Crippen LogP) is 4.12. The van der Waals surface area contributed by atoms with E-state index < -0.39 is 5.97 Å². The molecule has 0 unspecified atom stereocenters. The van der Waals surface area contributed by atoms with E-state index in [2.05, 4.69) is 16.7 Å². The van der Waals surface area contributed by atoms with Gasteiger partial charge in [-0.15, -0.1) is 0 Å². The normalized spacial score (nSPS) is 11.0. The first kappa shape index (κ1) is 13.7. The number of hydrogen-bond donors (Lipinski definition) is 1. The molecule has 0 aliphatic rings. The smallest absolute Gasteiger partial charge is 0.336 e. The first-order chi connectivity index (χ1) is 10.1. The van der Waals surface area contributed by atoms with Crippen molar-refractivity contribution in [3.8, 4) is 0 Å². The van der Waals surface area contributed by atoms with Gasteiger partial charge in [-0.2, -0.15) is 0 Å². The van der Waals surface area contributed by atoms with Crippen molar-refractivity contribution in [2.75, 3.05) is 0 Å². The first-order valence-corrected chi connectivity index (χ1v) is 6.98. The van der Waals surface area contributed by atoms with Crippen molar-refractivity contribution in [3.05, 3.63) is 70.4 Å². The minimum Gasteiger partial charge on any atom is -0.478 e. The Morgan fingerprint density at radius 2 is 1.95 bits per heavy atom. The van der Waals surface area contributed by atoms with Crippen LogP contribution in [0.5, 0.6) is 0 Å². The summed E-state index contributed by atoms with van der Waals surface area (Å²) < 4.78 is 2.06. The van der Waals surface area contributed by atoms with E-state index in [1.165, 1.54) is 6.07 Å². The molecule has 0 aliphatic carbocycles. The summed E-state index contributed by atoms with van der Waals surface area (Å²) in [5, 5.41) is 10.9. The van der Waals surface area contributed by atoms with Gasteiger partial charge in [0.2, 0.25) is 0 Å². The summed E-state index contributed by atoms with van der Waals surface area (Å²) in [7, 11) is 1.99. The van der Waals surface area contributed by atoms with Crippen LogP contribution in [0.2, 0.25) is 5.02 Å². The highest BCUT2D eigenvalue weighted by atomic mass is 35.5. The van der Waals surface area contributed by atoms with Crippen molar-refractivity contribution in [2.45, 2.75) is 6.42 Å². The molecule has 0 radical (unpaired) electrons. The standard InChI is InChI=1S/C17H14ClNO2/c1-19-10-12(14-4-2-3-5-16(14)19)8-11-6-7-13(18)9-15(11)17(20)21/h2-7,9-10H,8H2,1H3,(H,20,21). The van der Waals surface area contributed by atoms with Crippen LogP contribution in [-0.2, 0) is 13.5 Å². The van der Waals surface area contributed by atoms with Gasteiger partial charge in [0, 0.05) is 35.6 Å². The number of carboxylic acid groups (broad SMARTS) is 1. The third-order valence-corrected chi connectivity index (χ3v) is 3.90. The van der Waals surface area contributed by atoms with Crippen LogP contribution in [0.15, 0.2) is 48.7 Å². The molecule has 0 aliphatic heterocycles. The number of hydrogen-bond acceptors (Lipinski definition) is 1. The highest BCUT2D eigenvalue weighted by molar-refractivity contribution is 6.31. The zero-order valence-electron chi connectivity index (χ0n) is 11.5. The molecule has 0 saturated carbocycles. The molecule has 0 atom stereocenters. The van der Waals surface area contributed by atoms with E-state index in [0.29, 0.717) is 11.4 Å². The van der Waals surface area contributed by atoms with Crippen LogP contribution in [0, 0.1) is 0 Å². The fourth-order valence-corrected chi connectivity index (χ4v) is 2.85. The summed E-state index contributed by atoms with van der Waals surface area (Å²) in [5.41, 5.74) is 3.27. The molecule has 1 aromatic heterocycles. The number of aromatic carboxylic acids is 1. The number of fused-ring (bicyclic) bond motifs is 1. The molecule has 1 heterocycles. The summed E-state index contributed by atoms with van der Waals surface area (Å²) in [4.78, 5) is 11.4. The second-order valence-electron chi connectivity index (χ2n) is 5.07. The Balaban J connectivity index is 2.09. The van der Waals surface area contributed by atoms with Crippen LogP contribution < -0.4 is 0 Å². The lowest BCUT2D eigenvalue weighted by atomic mass is 9.99. The van der Waals surface area contributed by atoms with Gasteiger partial charge in [-0.25, -0.2) is 4.79 Å². The molecule has 3 aromatic rings. The maximum absolute atomic E-state index is 11.4. The Kier molecular flexibility index (Phi) is 3.43. The predicted molar refractivity (Wildman–Crippen MR) is 84.1 cm³/mol. The van der Waals surface area contributed by atoms with Gasteiger partial charge in [-0.1, -0.05) is 35.9 Å². The molecular weight excluding hydrogens is 286 g/mol. The number of nitrogens with zero attached hydrogens (tertiary/aromatic N) is 1. The zero-order valence-corrected chi connectivity index (χ0v) is 12.3. The molecule has 3 nitrogen and oxygen atoms in total. The van der Waals surface area contributed by atoms with Crippen molar-refractivity contribution in [3.63, 3.8) is 0 Å². The number of rotatable bonds is 3. The van der Waals surface area contributed by atoms with E-state index in [1.807, 2.05) is 25.4 Å². The van der Waals surface area contributed by atoms with Crippen molar-refractivity contribution >= 4 is 28.5 Å². The Bertz CT molecular complexity index is 836. The molecule has 2 aromatic carbocycles. The number of halogens is 1. The lowest BCUT2D eigenvalue weighted by molar-refractivity contribution is 0.0696. The molecule has 106 valence electrons. The quantitative estimate of drug-likeness (QED) is 0.790. The number of aromatic nitrogens is 1. The summed E-state index contributed by atoms with van der Waals surface area (Å²) in [6.45, 7) is 0. The van der Waals surface area contributed by atoms with Gasteiger partial charge in [-0.3, -0.25) is 0 Å². The molecule has 0 amide bonds. The second-order valence-corrected chi connectivity index (χ2v) is 5.50. The van der Waals surface area contributed by atoms with E-state index >= 15 is 0 Å². The average Bonchev–Trinajstić information content (AvgIpc) is 2.78. The molecule has 0 fully saturated rings. The van der Waals surface area contributed by atoms with E-state index in [0.717, 1.165) is 22.0 Å². The largest absolute Gasteiger partial charge is 0.478 e. The Morgan fingerprint density at radius 1 is 1.19 bits per heavy atom. The van der Waals surface area contributed by atoms with Gasteiger partial charge in [0.05, 0.1) is 5.56 Å². The van der Waals surface area contributed by atoms with Crippen molar-refractivity contribution in [1.29, 1.82) is 0 Å². The van der Waals surface area contributed by atoms with Gasteiger partial charge in [0.1, 0.15) is 0 Å². The van der Waals surface area contributed by atoms with Crippen LogP contribution in [0.3, 0.4) is 0 Å². The minimum atomic E-state index is -0.951. The lowest BCUT2D eigenvalue weighted by Crippen LogP contribution is -2.03. The van der Waals surface area contributed by atoms with E-state index in [-0.39, 0.29) is 5.56 Å². The van der Waals surface area contributed by atoms with Crippen molar-refractivity contribution in [2.24, 2.45) is 7.05 Å². The molecule has 0 saturated heterocycles. The summed E-state index contributed by atoms with van der Waals surface area (Å²) in [6.07, 6.45) is 2.62. The van der Waals surface area contributed by atoms with Crippen molar-refractivity contribution in [1.82, 2.24) is 4.57 Å². The zero-order chi connectivity index (χ0) is 15.0. The van der Waals surface area contributed by atoms with E-state index in [4.69, 9.17) is 11.6 Å². The van der Waals surface area contributed by atoms with Gasteiger partial charge >= 0.3 is 5.97 Å². The molecule has 0 bridgehead atoms. The Hall–Kier alpha value is -2.26. The van der Waals surface area contributed by atoms with Crippen LogP contribution in [0.25, 0.3) is 10.9 Å². The number of carboxylic acids is 1. The van der Waals surface area contributed by atoms with Gasteiger partial charge in [0.25, 0.3) is 0 Å². The summed E-state index contributed by atoms with van der Waals surface area (Å²) in [6, 6.07) is 13.1. The topological polar surface area (TPSA) is 42.2 Å². The van der Waals surface area contributed by atoms with Crippen LogP contribution in [-0.4, -0.2) is 15.6 Å². The molecule has 1 N–H and O–H groups in total. The average molecular weight is 300 g/mol. The van der Waals surface area contributed by atoms with E-state index in [1.54, 1.807) is 12.1 Å². The number of para-hydroxylation sites is 1. The second kappa shape index (κ2) is 5.26. The maximum atomic E-state index is 11.4. The molecule has 21 heavy (non-hydrogen) atoms. The highest BCUT2D eigenvalue weighted by Gasteiger charge is 2.13. The van der Waals surface area contributed by atoms with Crippen LogP contribution in [0.1, 0.15) is 21.5 Å². The monoisotopic (exact) mass is 299 g/mol. The van der Waals surface area contributed by atoms with Gasteiger partial charge < -0.3 is 9.67 Å². The summed E-state index contributed by atoms with van der Waals surface area (Å²) in [5.74, 6) is -0.951. The lowest BCUT2D eigenvalue weighted by Gasteiger charge is -2.06. The fraction of sp³-hybridized carbons (Fsp3) is 0.118. The molecular formula is C17H14ClNO2. The van der Waals surface area contributed by atoms with Gasteiger partial charge in [-0.05, 0) is 29.3 Å². The minimum absolute atomic E-state index is 0.260. The number of carbonyl (C=O) groups is 1.